The molecule has 0 saturated heterocycles. The largest absolute Gasteiger partial charge is 0.392 e. The first kappa shape index (κ1) is 13.3. The third-order valence-electron chi connectivity index (χ3n) is 3.38. The minimum atomic E-state index is 0.0554. The zero-order valence-electron chi connectivity index (χ0n) is 10.6. The Balaban J connectivity index is 1.85. The molecule has 1 amide bonds. The van der Waals surface area contributed by atoms with Crippen LogP contribution < -0.4 is 0 Å². The molecule has 1 aromatic heterocycles. The van der Waals surface area contributed by atoms with Crippen LogP contribution in [0.15, 0.2) is 17.5 Å². The molecular formula is C14H19NO2S. The summed E-state index contributed by atoms with van der Waals surface area (Å²) in [5.41, 5.74) is 0.898. The van der Waals surface area contributed by atoms with Gasteiger partial charge in [-0.05, 0) is 41.8 Å². The second-order valence-corrected chi connectivity index (χ2v) is 5.81. The van der Waals surface area contributed by atoms with Gasteiger partial charge in [0.05, 0.1) is 6.61 Å². The summed E-state index contributed by atoms with van der Waals surface area (Å²) in [5, 5.41) is 10.9. The van der Waals surface area contributed by atoms with Crippen LogP contribution in [0.25, 0.3) is 6.08 Å². The first-order chi connectivity index (χ1) is 8.69. The van der Waals surface area contributed by atoms with Gasteiger partial charge < -0.3 is 10.0 Å². The molecule has 98 valence electrons. The average Bonchev–Trinajstić information content (AvgIpc) is 2.78. The number of likely N-dealkylation sites (N-methyl/N-ethyl adjacent to an activating group) is 1. The number of hydrogen-bond donors (Lipinski definition) is 1. The molecule has 1 aliphatic carbocycles. The fourth-order valence-corrected chi connectivity index (χ4v) is 2.79. The number of aliphatic hydroxyl groups is 1. The van der Waals surface area contributed by atoms with Gasteiger partial charge in [-0.1, -0.05) is 6.42 Å². The molecule has 0 radical (unpaired) electrons. The molecule has 2 rings (SSSR count). The van der Waals surface area contributed by atoms with Crippen LogP contribution in [-0.2, 0) is 11.4 Å². The molecule has 1 aliphatic rings. The average molecular weight is 265 g/mol. The molecule has 0 bridgehead atoms. The number of hydrogen-bond acceptors (Lipinski definition) is 3. The van der Waals surface area contributed by atoms with E-state index >= 15 is 0 Å². The first-order valence-electron chi connectivity index (χ1n) is 6.30. The van der Waals surface area contributed by atoms with Crippen molar-refractivity contribution in [2.75, 3.05) is 13.6 Å². The highest BCUT2D eigenvalue weighted by Crippen LogP contribution is 2.26. The zero-order chi connectivity index (χ0) is 13.0. The smallest absolute Gasteiger partial charge is 0.246 e. The maximum Gasteiger partial charge on any atom is 0.246 e. The van der Waals surface area contributed by atoms with E-state index in [2.05, 4.69) is 0 Å². The van der Waals surface area contributed by atoms with E-state index in [-0.39, 0.29) is 12.5 Å². The van der Waals surface area contributed by atoms with E-state index in [1.54, 1.807) is 11.0 Å². The number of amides is 1. The summed E-state index contributed by atoms with van der Waals surface area (Å²) in [5.74, 6) is 0.760. The Morgan fingerprint density at radius 2 is 2.39 bits per heavy atom. The van der Waals surface area contributed by atoms with E-state index in [0.717, 1.165) is 17.0 Å². The Hall–Kier alpha value is -1.13. The van der Waals surface area contributed by atoms with Gasteiger partial charge in [0.1, 0.15) is 0 Å². The van der Waals surface area contributed by atoms with Crippen molar-refractivity contribution in [2.45, 2.75) is 25.9 Å². The van der Waals surface area contributed by atoms with Crippen LogP contribution in [0.5, 0.6) is 0 Å². The molecule has 1 heterocycles. The van der Waals surface area contributed by atoms with Crippen molar-refractivity contribution in [3.63, 3.8) is 0 Å². The summed E-state index contributed by atoms with van der Waals surface area (Å²) in [6.45, 7) is 0.926. The summed E-state index contributed by atoms with van der Waals surface area (Å²) >= 11 is 1.54. The Bertz CT molecular complexity index is 435. The minimum absolute atomic E-state index is 0.0554. The molecule has 1 aromatic rings. The van der Waals surface area contributed by atoms with E-state index in [4.69, 9.17) is 5.11 Å². The quantitative estimate of drug-likeness (QED) is 0.831. The predicted octanol–water partition coefficient (Wildman–Crippen LogP) is 2.51. The van der Waals surface area contributed by atoms with E-state index in [1.165, 1.54) is 30.6 Å². The lowest BCUT2D eigenvalue weighted by molar-refractivity contribution is -0.125. The lowest BCUT2D eigenvalue weighted by Crippen LogP contribution is -2.33. The summed E-state index contributed by atoms with van der Waals surface area (Å²) in [6.07, 6.45) is 7.26. The third-order valence-corrected chi connectivity index (χ3v) is 4.33. The number of thiophene rings is 1. The van der Waals surface area contributed by atoms with Crippen molar-refractivity contribution in [2.24, 2.45) is 5.92 Å². The first-order valence-corrected chi connectivity index (χ1v) is 7.18. The normalized spacial score (nSPS) is 15.9. The minimum Gasteiger partial charge on any atom is -0.392 e. The molecule has 0 aromatic carbocycles. The highest BCUT2D eigenvalue weighted by molar-refractivity contribution is 7.11. The molecule has 0 spiro atoms. The molecule has 0 unspecified atom stereocenters. The molecule has 0 aliphatic heterocycles. The van der Waals surface area contributed by atoms with Crippen molar-refractivity contribution >= 4 is 23.3 Å². The van der Waals surface area contributed by atoms with Crippen LogP contribution in [0.2, 0.25) is 0 Å². The maximum atomic E-state index is 11.9. The van der Waals surface area contributed by atoms with Gasteiger partial charge in [0.15, 0.2) is 0 Å². The van der Waals surface area contributed by atoms with Crippen LogP contribution in [0, 0.1) is 5.92 Å². The Labute approximate surface area is 112 Å². The van der Waals surface area contributed by atoms with Gasteiger partial charge in [0, 0.05) is 24.5 Å². The van der Waals surface area contributed by atoms with Crippen molar-refractivity contribution in [1.82, 2.24) is 4.90 Å². The third kappa shape index (κ3) is 3.43. The van der Waals surface area contributed by atoms with Gasteiger partial charge in [-0.3, -0.25) is 4.79 Å². The van der Waals surface area contributed by atoms with Crippen molar-refractivity contribution in [3.8, 4) is 0 Å². The number of carbonyl (C=O) groups excluding carboxylic acids is 1. The molecule has 1 saturated carbocycles. The van der Waals surface area contributed by atoms with Crippen LogP contribution in [0.3, 0.4) is 0 Å². The summed E-state index contributed by atoms with van der Waals surface area (Å²) in [4.78, 5) is 14.7. The molecular weight excluding hydrogens is 246 g/mol. The summed E-state index contributed by atoms with van der Waals surface area (Å²) in [6, 6.07) is 1.90. The molecule has 1 N–H and O–H groups in total. The van der Waals surface area contributed by atoms with Crippen LogP contribution in [0.1, 0.15) is 29.7 Å². The fourth-order valence-electron chi connectivity index (χ4n) is 2.00. The molecule has 1 fully saturated rings. The highest BCUT2D eigenvalue weighted by Gasteiger charge is 2.20. The van der Waals surface area contributed by atoms with Gasteiger partial charge >= 0.3 is 0 Å². The monoisotopic (exact) mass is 265 g/mol. The number of aliphatic hydroxyl groups excluding tert-OH is 1. The van der Waals surface area contributed by atoms with E-state index in [1.807, 2.05) is 24.6 Å². The zero-order valence-corrected chi connectivity index (χ0v) is 11.4. The van der Waals surface area contributed by atoms with Gasteiger partial charge in [-0.15, -0.1) is 11.3 Å². The van der Waals surface area contributed by atoms with Gasteiger partial charge in [-0.25, -0.2) is 0 Å². The van der Waals surface area contributed by atoms with E-state index in [9.17, 15) is 4.79 Å². The fraction of sp³-hybridized carbons (Fsp3) is 0.500. The number of rotatable bonds is 5. The molecule has 18 heavy (non-hydrogen) atoms. The topological polar surface area (TPSA) is 40.5 Å². The second-order valence-electron chi connectivity index (χ2n) is 4.86. The SMILES string of the molecule is CN(CC1CCC1)C(=O)C=Cc1cc(CO)cs1. The Morgan fingerprint density at radius 3 is 2.94 bits per heavy atom. The lowest BCUT2D eigenvalue weighted by atomic mass is 9.85. The molecule has 3 nitrogen and oxygen atoms in total. The predicted molar refractivity (Wildman–Crippen MR) is 74.3 cm³/mol. The van der Waals surface area contributed by atoms with Gasteiger partial charge in [-0.2, -0.15) is 0 Å². The summed E-state index contributed by atoms with van der Waals surface area (Å²) < 4.78 is 0. The lowest BCUT2D eigenvalue weighted by Gasteiger charge is -2.29. The highest BCUT2D eigenvalue weighted by atomic mass is 32.1. The van der Waals surface area contributed by atoms with Crippen molar-refractivity contribution in [1.29, 1.82) is 0 Å². The number of nitrogens with zero attached hydrogens (tertiary/aromatic N) is 1. The van der Waals surface area contributed by atoms with E-state index < -0.39 is 0 Å². The number of carbonyl (C=O) groups is 1. The second kappa shape index (κ2) is 6.16. The summed E-state index contributed by atoms with van der Waals surface area (Å²) in [7, 11) is 1.86. The van der Waals surface area contributed by atoms with Crippen LogP contribution in [0.4, 0.5) is 0 Å². The van der Waals surface area contributed by atoms with E-state index in [0.29, 0.717) is 5.92 Å². The molecule has 0 atom stereocenters. The van der Waals surface area contributed by atoms with Gasteiger partial charge in [0.2, 0.25) is 5.91 Å². The maximum absolute atomic E-state index is 11.9. The molecule has 4 heteroatoms. The van der Waals surface area contributed by atoms with Crippen molar-refractivity contribution in [3.05, 3.63) is 28.0 Å². The Kier molecular flexibility index (Phi) is 4.55. The Morgan fingerprint density at radius 1 is 1.61 bits per heavy atom. The van der Waals surface area contributed by atoms with Gasteiger partial charge in [0.25, 0.3) is 0 Å². The van der Waals surface area contributed by atoms with Crippen molar-refractivity contribution < 1.29 is 9.90 Å². The van der Waals surface area contributed by atoms with Crippen LogP contribution >= 0.6 is 11.3 Å². The standard InChI is InChI=1S/C14H19NO2S/c1-15(8-11-3-2-4-11)14(17)6-5-13-7-12(9-16)10-18-13/h5-7,10-11,16H,2-4,8-9H2,1H3. The van der Waals surface area contributed by atoms with Crippen LogP contribution in [-0.4, -0.2) is 29.5 Å².